The quantitative estimate of drug-likeness (QED) is 0.385. The first kappa shape index (κ1) is 15.5. The number of thioether (sulfide) groups is 1. The smallest absolute Gasteiger partial charge is 0.379 e. The molecule has 0 unspecified atom stereocenters. The molecule has 0 bridgehead atoms. The van der Waals surface area contributed by atoms with Crippen LogP contribution >= 0.6 is 11.8 Å². The van der Waals surface area contributed by atoms with Gasteiger partial charge in [-0.05, 0) is 48.0 Å². The van der Waals surface area contributed by atoms with E-state index < -0.39 is 5.97 Å². The minimum Gasteiger partial charge on any atom is -0.457 e. The molecule has 1 aliphatic heterocycles. The summed E-state index contributed by atoms with van der Waals surface area (Å²) < 4.78 is 10.2. The molecule has 0 amide bonds. The lowest BCUT2D eigenvalue weighted by Gasteiger charge is -2.03. The van der Waals surface area contributed by atoms with Crippen LogP contribution in [-0.4, -0.2) is 11.8 Å². The highest BCUT2D eigenvalue weighted by Gasteiger charge is 2.25. The Hall–Kier alpha value is -3.05. The van der Waals surface area contributed by atoms with Gasteiger partial charge in [0, 0.05) is 10.5 Å². The maximum Gasteiger partial charge on any atom is 0.379 e. The van der Waals surface area contributed by atoms with E-state index in [-0.39, 0.29) is 11.5 Å². The summed E-state index contributed by atoms with van der Waals surface area (Å²) in [5, 5.41) is 0. The van der Waals surface area contributed by atoms with Gasteiger partial charge in [-0.1, -0.05) is 36.0 Å². The number of carbonyl (C=O) groups is 2. The van der Waals surface area contributed by atoms with Crippen LogP contribution in [0, 0.1) is 0 Å². The van der Waals surface area contributed by atoms with Crippen LogP contribution in [0.15, 0.2) is 81.1 Å². The number of furan rings is 1. The Morgan fingerprint density at radius 1 is 1.00 bits per heavy atom. The van der Waals surface area contributed by atoms with Gasteiger partial charge < -0.3 is 9.15 Å². The van der Waals surface area contributed by atoms with Crippen LogP contribution in [0.25, 0.3) is 6.08 Å². The number of ketones is 1. The molecule has 5 heteroatoms. The number of rotatable bonds is 3. The first-order chi connectivity index (χ1) is 12.2. The maximum atomic E-state index is 12.4. The minimum atomic E-state index is -0.548. The number of esters is 1. The van der Waals surface area contributed by atoms with Gasteiger partial charge in [0.1, 0.15) is 5.75 Å². The Morgan fingerprint density at radius 3 is 2.52 bits per heavy atom. The van der Waals surface area contributed by atoms with Crippen LogP contribution < -0.4 is 4.74 Å². The summed E-state index contributed by atoms with van der Waals surface area (Å²) in [7, 11) is 0. The standard InChI is InChI=1S/C20H12O4S/c21-19-15-4-1-2-6-17(15)25-18(19)12-13-7-9-14(10-8-13)24-20(22)16-5-3-11-23-16/h1-12H/b18-12-. The van der Waals surface area contributed by atoms with Crippen molar-refractivity contribution in [2.75, 3.05) is 0 Å². The van der Waals surface area contributed by atoms with Crippen LogP contribution in [0.2, 0.25) is 0 Å². The van der Waals surface area contributed by atoms with Crippen LogP contribution in [0.1, 0.15) is 26.5 Å². The van der Waals surface area contributed by atoms with E-state index in [1.807, 2.05) is 30.3 Å². The second kappa shape index (κ2) is 6.45. The fraction of sp³-hybridized carbons (Fsp3) is 0. The van der Waals surface area contributed by atoms with Gasteiger partial charge in [0.15, 0.2) is 0 Å². The van der Waals surface area contributed by atoms with E-state index >= 15 is 0 Å². The van der Waals surface area contributed by atoms with Crippen molar-refractivity contribution >= 4 is 29.6 Å². The van der Waals surface area contributed by atoms with Crippen molar-refractivity contribution in [2.45, 2.75) is 4.90 Å². The van der Waals surface area contributed by atoms with Crippen LogP contribution in [0.5, 0.6) is 5.75 Å². The Bertz CT molecular complexity index is 969. The van der Waals surface area contributed by atoms with E-state index in [0.29, 0.717) is 10.7 Å². The zero-order valence-electron chi connectivity index (χ0n) is 13.0. The van der Waals surface area contributed by atoms with E-state index in [1.165, 1.54) is 18.0 Å². The molecule has 1 aliphatic rings. The molecule has 2 aromatic carbocycles. The van der Waals surface area contributed by atoms with E-state index in [4.69, 9.17) is 9.15 Å². The highest BCUT2D eigenvalue weighted by molar-refractivity contribution is 8.04. The van der Waals surface area contributed by atoms with Gasteiger partial charge in [-0.25, -0.2) is 4.79 Å². The number of fused-ring (bicyclic) bond motifs is 1. The first-order valence-electron chi connectivity index (χ1n) is 7.60. The summed E-state index contributed by atoms with van der Waals surface area (Å²) in [6.45, 7) is 0. The predicted molar refractivity (Wildman–Crippen MR) is 94.7 cm³/mol. The zero-order chi connectivity index (χ0) is 17.2. The summed E-state index contributed by atoms with van der Waals surface area (Å²) in [5.41, 5.74) is 1.60. The molecule has 25 heavy (non-hydrogen) atoms. The second-order valence-corrected chi connectivity index (χ2v) is 6.46. The van der Waals surface area contributed by atoms with Gasteiger partial charge in [-0.15, -0.1) is 0 Å². The molecule has 0 fully saturated rings. The predicted octanol–water partition coefficient (Wildman–Crippen LogP) is 4.83. The lowest BCUT2D eigenvalue weighted by molar-refractivity contribution is 0.0701. The molecular formula is C20H12O4S. The van der Waals surface area contributed by atoms with Gasteiger partial charge in [0.25, 0.3) is 0 Å². The van der Waals surface area contributed by atoms with Crippen molar-refractivity contribution in [2.24, 2.45) is 0 Å². The third kappa shape index (κ3) is 3.14. The average molecular weight is 348 g/mol. The van der Waals surface area contributed by atoms with E-state index in [0.717, 1.165) is 16.0 Å². The molecule has 0 atom stereocenters. The van der Waals surface area contributed by atoms with Gasteiger partial charge in [0.2, 0.25) is 11.5 Å². The highest BCUT2D eigenvalue weighted by Crippen LogP contribution is 2.40. The third-order valence-corrected chi connectivity index (χ3v) is 4.79. The Balaban J connectivity index is 1.50. The van der Waals surface area contributed by atoms with Crippen molar-refractivity contribution in [3.63, 3.8) is 0 Å². The number of carbonyl (C=O) groups excluding carboxylic acids is 2. The number of ether oxygens (including phenoxy) is 1. The van der Waals surface area contributed by atoms with Crippen molar-refractivity contribution in [1.29, 1.82) is 0 Å². The molecule has 122 valence electrons. The Kier molecular flexibility index (Phi) is 3.99. The van der Waals surface area contributed by atoms with Crippen molar-refractivity contribution < 1.29 is 18.7 Å². The summed E-state index contributed by atoms with van der Waals surface area (Å²) in [4.78, 5) is 25.9. The molecule has 0 aliphatic carbocycles. The largest absolute Gasteiger partial charge is 0.457 e. The van der Waals surface area contributed by atoms with E-state index in [9.17, 15) is 9.59 Å². The molecule has 4 rings (SSSR count). The highest BCUT2D eigenvalue weighted by atomic mass is 32.2. The summed E-state index contributed by atoms with van der Waals surface area (Å²) >= 11 is 1.47. The van der Waals surface area contributed by atoms with Gasteiger partial charge in [0.05, 0.1) is 11.2 Å². The topological polar surface area (TPSA) is 56.5 Å². The van der Waals surface area contributed by atoms with Crippen molar-refractivity contribution in [3.8, 4) is 5.75 Å². The van der Waals surface area contributed by atoms with E-state index in [2.05, 4.69) is 0 Å². The zero-order valence-corrected chi connectivity index (χ0v) is 13.8. The summed E-state index contributed by atoms with van der Waals surface area (Å²) in [6, 6.07) is 17.7. The lowest BCUT2D eigenvalue weighted by Crippen LogP contribution is -2.06. The Labute approximate surface area is 148 Å². The normalized spacial score (nSPS) is 14.6. The lowest BCUT2D eigenvalue weighted by atomic mass is 10.1. The maximum absolute atomic E-state index is 12.4. The number of hydrogen-bond donors (Lipinski definition) is 0. The SMILES string of the molecule is O=C(Oc1ccc(/C=C2\Sc3ccccc3C2=O)cc1)c1ccco1. The van der Waals surface area contributed by atoms with Crippen LogP contribution in [0.3, 0.4) is 0 Å². The fourth-order valence-electron chi connectivity index (χ4n) is 2.47. The van der Waals surface area contributed by atoms with E-state index in [1.54, 1.807) is 36.4 Å². The molecule has 4 nitrogen and oxygen atoms in total. The number of allylic oxidation sites excluding steroid dienone is 1. The third-order valence-electron chi connectivity index (χ3n) is 3.69. The van der Waals surface area contributed by atoms with Gasteiger partial charge in [-0.2, -0.15) is 0 Å². The molecule has 1 aromatic heterocycles. The number of hydrogen-bond acceptors (Lipinski definition) is 5. The summed E-state index contributed by atoms with van der Waals surface area (Å²) in [6.07, 6.45) is 3.26. The van der Waals surface area contributed by atoms with Crippen LogP contribution in [-0.2, 0) is 0 Å². The average Bonchev–Trinajstić information content (AvgIpc) is 3.26. The van der Waals surface area contributed by atoms with Crippen molar-refractivity contribution in [1.82, 2.24) is 0 Å². The second-order valence-electron chi connectivity index (χ2n) is 5.37. The monoisotopic (exact) mass is 348 g/mol. The molecule has 0 N–H and O–H groups in total. The van der Waals surface area contributed by atoms with Crippen molar-refractivity contribution in [3.05, 3.63) is 88.7 Å². The fourth-order valence-corrected chi connectivity index (χ4v) is 3.52. The number of Topliss-reactive ketones (excluding diaryl/α,β-unsaturated/α-hetero) is 1. The molecule has 0 saturated carbocycles. The minimum absolute atomic E-state index is 0.0360. The summed E-state index contributed by atoms with van der Waals surface area (Å²) in [5.74, 6) is 0.0520. The molecule has 0 saturated heterocycles. The Morgan fingerprint density at radius 2 is 1.80 bits per heavy atom. The molecular weight excluding hydrogens is 336 g/mol. The first-order valence-corrected chi connectivity index (χ1v) is 8.41. The molecule has 3 aromatic rings. The molecule has 2 heterocycles. The molecule has 0 radical (unpaired) electrons. The molecule has 0 spiro atoms. The number of benzene rings is 2. The van der Waals surface area contributed by atoms with Crippen LogP contribution in [0.4, 0.5) is 0 Å². The van der Waals surface area contributed by atoms with Gasteiger partial charge in [-0.3, -0.25) is 4.79 Å². The van der Waals surface area contributed by atoms with Gasteiger partial charge >= 0.3 is 5.97 Å².